The zero-order valence-corrected chi connectivity index (χ0v) is 17.3. The third-order valence-corrected chi connectivity index (χ3v) is 5.52. The number of piperazine rings is 1. The van der Waals surface area contributed by atoms with Crippen LogP contribution < -0.4 is 10.2 Å². The monoisotopic (exact) mass is 449 g/mol. The van der Waals surface area contributed by atoms with Crippen molar-refractivity contribution in [3.05, 3.63) is 58.7 Å². The molecule has 0 atom stereocenters. The van der Waals surface area contributed by atoms with Gasteiger partial charge in [-0.15, -0.1) is 0 Å². The van der Waals surface area contributed by atoms with Crippen LogP contribution in [0.5, 0.6) is 0 Å². The van der Waals surface area contributed by atoms with Crippen LogP contribution in [0.15, 0.2) is 42.5 Å². The molecule has 0 saturated carbocycles. The Morgan fingerprint density at radius 2 is 1.68 bits per heavy atom. The fourth-order valence-electron chi connectivity index (χ4n) is 3.40. The van der Waals surface area contributed by atoms with Crippen molar-refractivity contribution < 1.29 is 18.0 Å². The SMILES string of the molecule is Cc1ccc(NC(=O)N2CCN(c3nc4ccccc4nc3C(F)(F)F)CC2)cc1Cl. The zero-order chi connectivity index (χ0) is 22.2. The Morgan fingerprint density at radius 3 is 2.29 bits per heavy atom. The van der Waals surface area contributed by atoms with Gasteiger partial charge < -0.3 is 15.1 Å². The molecule has 1 N–H and O–H groups in total. The molecule has 4 rings (SSSR count). The lowest BCUT2D eigenvalue weighted by Gasteiger charge is -2.36. The van der Waals surface area contributed by atoms with Gasteiger partial charge in [0.25, 0.3) is 0 Å². The molecule has 1 aromatic heterocycles. The number of alkyl halides is 3. The van der Waals surface area contributed by atoms with Gasteiger partial charge in [-0.3, -0.25) is 0 Å². The van der Waals surface area contributed by atoms with E-state index in [-0.39, 0.29) is 43.5 Å². The molecule has 2 aromatic carbocycles. The van der Waals surface area contributed by atoms with Crippen molar-refractivity contribution in [3.63, 3.8) is 0 Å². The molecule has 1 aliphatic rings. The number of nitrogens with zero attached hydrogens (tertiary/aromatic N) is 4. The van der Waals surface area contributed by atoms with Crippen LogP contribution in [0.1, 0.15) is 11.3 Å². The Labute approximate surface area is 181 Å². The summed E-state index contributed by atoms with van der Waals surface area (Å²) >= 11 is 6.09. The fourth-order valence-corrected chi connectivity index (χ4v) is 3.58. The van der Waals surface area contributed by atoms with Gasteiger partial charge in [-0.25, -0.2) is 14.8 Å². The number of anilines is 2. The third kappa shape index (κ3) is 4.51. The van der Waals surface area contributed by atoms with Crippen LogP contribution >= 0.6 is 11.6 Å². The van der Waals surface area contributed by atoms with Crippen LogP contribution in [0.25, 0.3) is 11.0 Å². The van der Waals surface area contributed by atoms with Gasteiger partial charge in [0.05, 0.1) is 11.0 Å². The quantitative estimate of drug-likeness (QED) is 0.600. The van der Waals surface area contributed by atoms with E-state index >= 15 is 0 Å². The predicted molar refractivity (Wildman–Crippen MR) is 114 cm³/mol. The highest BCUT2D eigenvalue weighted by molar-refractivity contribution is 6.31. The van der Waals surface area contributed by atoms with E-state index in [9.17, 15) is 18.0 Å². The number of amides is 2. The van der Waals surface area contributed by atoms with Gasteiger partial charge >= 0.3 is 12.2 Å². The van der Waals surface area contributed by atoms with Gasteiger partial charge in [-0.05, 0) is 36.8 Å². The highest BCUT2D eigenvalue weighted by atomic mass is 35.5. The van der Waals surface area contributed by atoms with Crippen molar-refractivity contribution in [3.8, 4) is 0 Å². The van der Waals surface area contributed by atoms with Crippen LogP contribution in [0.4, 0.5) is 29.5 Å². The molecule has 31 heavy (non-hydrogen) atoms. The number of hydrogen-bond acceptors (Lipinski definition) is 4. The third-order valence-electron chi connectivity index (χ3n) is 5.11. The Bertz CT molecular complexity index is 1130. The summed E-state index contributed by atoms with van der Waals surface area (Å²) < 4.78 is 40.9. The molecule has 0 spiro atoms. The summed E-state index contributed by atoms with van der Waals surface area (Å²) in [6.07, 6.45) is -4.63. The number of carbonyl (C=O) groups is 1. The summed E-state index contributed by atoms with van der Waals surface area (Å²) in [5.41, 5.74) is 1.02. The van der Waals surface area contributed by atoms with Gasteiger partial charge in [-0.1, -0.05) is 29.8 Å². The smallest absolute Gasteiger partial charge is 0.351 e. The summed E-state index contributed by atoms with van der Waals surface area (Å²) in [7, 11) is 0. The summed E-state index contributed by atoms with van der Waals surface area (Å²) in [6.45, 7) is 2.77. The molecule has 0 aliphatic carbocycles. The number of aryl methyl sites for hydroxylation is 1. The van der Waals surface area contributed by atoms with Crippen molar-refractivity contribution in [2.24, 2.45) is 0 Å². The van der Waals surface area contributed by atoms with E-state index in [0.717, 1.165) is 5.56 Å². The normalized spacial score (nSPS) is 14.7. The number of hydrogen-bond donors (Lipinski definition) is 1. The van der Waals surface area contributed by atoms with Crippen molar-refractivity contribution in [1.82, 2.24) is 14.9 Å². The van der Waals surface area contributed by atoms with E-state index in [4.69, 9.17) is 11.6 Å². The second-order valence-electron chi connectivity index (χ2n) is 7.25. The number of urea groups is 1. The molecule has 0 radical (unpaired) electrons. The lowest BCUT2D eigenvalue weighted by Crippen LogP contribution is -2.50. The van der Waals surface area contributed by atoms with Crippen LogP contribution in [0, 0.1) is 6.92 Å². The molecule has 1 aliphatic heterocycles. The molecule has 3 aromatic rings. The van der Waals surface area contributed by atoms with Gasteiger partial charge in [-0.2, -0.15) is 13.2 Å². The number of fused-ring (bicyclic) bond motifs is 1. The number of benzene rings is 2. The first kappa shape index (κ1) is 21.2. The number of aromatic nitrogens is 2. The minimum Gasteiger partial charge on any atom is -0.351 e. The van der Waals surface area contributed by atoms with Crippen molar-refractivity contribution in [2.45, 2.75) is 13.1 Å². The lowest BCUT2D eigenvalue weighted by molar-refractivity contribution is -0.140. The van der Waals surface area contributed by atoms with Gasteiger partial charge in [0.2, 0.25) is 0 Å². The molecule has 162 valence electrons. The molecular weight excluding hydrogens is 431 g/mol. The molecule has 10 heteroatoms. The summed E-state index contributed by atoms with van der Waals surface area (Å²) in [5.74, 6) is -0.212. The van der Waals surface area contributed by atoms with E-state index in [1.54, 1.807) is 41.3 Å². The number of carbonyl (C=O) groups excluding carboxylic acids is 1. The highest BCUT2D eigenvalue weighted by Crippen LogP contribution is 2.35. The Kier molecular flexibility index (Phi) is 5.62. The van der Waals surface area contributed by atoms with Gasteiger partial charge in [0, 0.05) is 36.9 Å². The first-order chi connectivity index (χ1) is 14.7. The lowest BCUT2D eigenvalue weighted by atomic mass is 10.2. The van der Waals surface area contributed by atoms with Crippen LogP contribution in [0.2, 0.25) is 5.02 Å². The Morgan fingerprint density at radius 1 is 1.03 bits per heavy atom. The summed E-state index contributed by atoms with van der Waals surface area (Å²) in [5, 5.41) is 3.31. The predicted octanol–water partition coefficient (Wildman–Crippen LogP) is 4.96. The van der Waals surface area contributed by atoms with E-state index < -0.39 is 11.9 Å². The first-order valence-electron chi connectivity index (χ1n) is 9.63. The zero-order valence-electron chi connectivity index (χ0n) is 16.6. The largest absolute Gasteiger partial charge is 0.437 e. The Balaban J connectivity index is 1.50. The summed E-state index contributed by atoms with van der Waals surface area (Å²) in [6, 6.07) is 11.3. The second-order valence-corrected chi connectivity index (χ2v) is 7.66. The van der Waals surface area contributed by atoms with Crippen LogP contribution in [-0.2, 0) is 6.18 Å². The fraction of sp³-hybridized carbons (Fsp3) is 0.286. The average Bonchev–Trinajstić information content (AvgIpc) is 2.75. The van der Waals surface area contributed by atoms with Crippen LogP contribution in [0.3, 0.4) is 0 Å². The van der Waals surface area contributed by atoms with Crippen molar-refractivity contribution in [2.75, 3.05) is 36.4 Å². The molecule has 0 unspecified atom stereocenters. The first-order valence-corrected chi connectivity index (χ1v) is 10.0. The number of para-hydroxylation sites is 2. The van der Waals surface area contributed by atoms with E-state index in [2.05, 4.69) is 15.3 Å². The minimum absolute atomic E-state index is 0.188. The molecule has 0 bridgehead atoms. The standard InChI is InChI=1S/C21H19ClF3N5O/c1-13-6-7-14(12-15(13)22)26-20(31)30-10-8-29(9-11-30)19-18(21(23,24)25)27-16-4-2-3-5-17(16)28-19/h2-7,12H,8-11H2,1H3,(H,26,31). The van der Waals surface area contributed by atoms with Crippen molar-refractivity contribution in [1.29, 1.82) is 0 Å². The second kappa shape index (κ2) is 8.22. The maximum Gasteiger partial charge on any atom is 0.437 e. The van der Waals surface area contributed by atoms with Gasteiger partial charge in [0.15, 0.2) is 11.5 Å². The maximum absolute atomic E-state index is 13.6. The average molecular weight is 450 g/mol. The van der Waals surface area contributed by atoms with E-state index in [1.165, 1.54) is 11.0 Å². The Hall–Kier alpha value is -3.07. The maximum atomic E-state index is 13.6. The molecule has 2 amide bonds. The molecule has 1 fully saturated rings. The molecule has 6 nitrogen and oxygen atoms in total. The number of rotatable bonds is 2. The van der Waals surface area contributed by atoms with Crippen LogP contribution in [-0.4, -0.2) is 47.1 Å². The number of halogens is 4. The minimum atomic E-state index is -4.63. The molecular formula is C21H19ClF3N5O. The topological polar surface area (TPSA) is 61.4 Å². The van der Waals surface area contributed by atoms with Gasteiger partial charge in [0.1, 0.15) is 0 Å². The molecule has 2 heterocycles. The van der Waals surface area contributed by atoms with Crippen molar-refractivity contribution >= 4 is 40.2 Å². The summed E-state index contributed by atoms with van der Waals surface area (Å²) in [4.78, 5) is 23.7. The molecule has 1 saturated heterocycles. The van der Waals surface area contributed by atoms with E-state index in [0.29, 0.717) is 16.2 Å². The van der Waals surface area contributed by atoms with E-state index in [1.807, 2.05) is 6.92 Å². The number of nitrogens with one attached hydrogen (secondary N) is 1. The highest BCUT2D eigenvalue weighted by Gasteiger charge is 2.39.